The second kappa shape index (κ2) is 10.5. The van der Waals surface area contributed by atoms with Crippen molar-refractivity contribution in [3.05, 3.63) is 30.2 Å². The average molecular weight is 462 g/mol. The average Bonchev–Trinajstić information content (AvgIpc) is 3.46. The first-order chi connectivity index (χ1) is 15.5. The first-order valence-electron chi connectivity index (χ1n) is 11.5. The smallest absolute Gasteiger partial charge is 0.308 e. The third-order valence-electron chi connectivity index (χ3n) is 6.06. The Morgan fingerprint density at radius 3 is 2.28 bits per heavy atom. The maximum Gasteiger partial charge on any atom is 0.308 e. The molecule has 0 bridgehead atoms. The molecular weight excluding hydrogens is 430 g/mol. The lowest BCUT2D eigenvalue weighted by molar-refractivity contribution is 0.0917. The number of hydrogen-bond donors (Lipinski definition) is 1. The summed E-state index contributed by atoms with van der Waals surface area (Å²) < 4.78 is 32.3. The molecule has 0 unspecified atom stereocenters. The number of nitrogens with one attached hydrogen (secondary N) is 1. The molecule has 3 heterocycles. The Kier molecular flexibility index (Phi) is 7.54. The molecule has 32 heavy (non-hydrogen) atoms. The molecule has 2 aliphatic heterocycles. The highest BCUT2D eigenvalue weighted by molar-refractivity contribution is 7.89. The minimum atomic E-state index is -3.47. The van der Waals surface area contributed by atoms with Crippen molar-refractivity contribution in [1.29, 1.82) is 0 Å². The van der Waals surface area contributed by atoms with Gasteiger partial charge in [0.2, 0.25) is 15.9 Å². The summed E-state index contributed by atoms with van der Waals surface area (Å²) in [7, 11) is -3.47. The van der Waals surface area contributed by atoms with Gasteiger partial charge in [0.05, 0.1) is 4.90 Å². The second-order valence-corrected chi connectivity index (χ2v) is 10.4. The van der Waals surface area contributed by atoms with E-state index in [4.69, 9.17) is 4.42 Å². The van der Waals surface area contributed by atoms with Crippen molar-refractivity contribution in [2.45, 2.75) is 49.8 Å². The molecule has 2 saturated heterocycles. The number of aromatic nitrogens is 2. The van der Waals surface area contributed by atoms with Crippen LogP contribution in [0.3, 0.4) is 0 Å². The van der Waals surface area contributed by atoms with Crippen molar-refractivity contribution in [2.75, 3.05) is 39.3 Å². The predicted octanol–water partition coefficient (Wildman–Crippen LogP) is 2.52. The van der Waals surface area contributed by atoms with Gasteiger partial charge in [-0.05, 0) is 76.0 Å². The summed E-state index contributed by atoms with van der Waals surface area (Å²) in [5.41, 5.74) is 0.568. The third-order valence-corrected chi connectivity index (χ3v) is 7.97. The molecule has 0 radical (unpaired) electrons. The molecule has 2 fully saturated rings. The number of nitrogens with zero attached hydrogens (tertiary/aromatic N) is 4. The van der Waals surface area contributed by atoms with Crippen molar-refractivity contribution in [2.24, 2.45) is 0 Å². The van der Waals surface area contributed by atoms with Crippen molar-refractivity contribution >= 4 is 15.9 Å². The Labute approximate surface area is 189 Å². The van der Waals surface area contributed by atoms with Crippen LogP contribution in [0.15, 0.2) is 33.6 Å². The van der Waals surface area contributed by atoms with Gasteiger partial charge >= 0.3 is 11.8 Å². The fourth-order valence-corrected chi connectivity index (χ4v) is 5.74. The summed E-state index contributed by atoms with van der Waals surface area (Å²) >= 11 is 0. The van der Waals surface area contributed by atoms with E-state index < -0.39 is 15.9 Å². The number of benzene rings is 1. The number of likely N-dealkylation sites (tertiary alicyclic amines) is 1. The van der Waals surface area contributed by atoms with E-state index >= 15 is 0 Å². The quantitative estimate of drug-likeness (QED) is 0.602. The van der Waals surface area contributed by atoms with Gasteiger partial charge in [-0.3, -0.25) is 4.79 Å². The Hall–Kier alpha value is -2.30. The first kappa shape index (κ1) is 22.9. The van der Waals surface area contributed by atoms with Crippen LogP contribution in [0.5, 0.6) is 0 Å². The number of sulfonamides is 1. The molecule has 0 spiro atoms. The van der Waals surface area contributed by atoms with E-state index in [-0.39, 0.29) is 16.7 Å². The molecule has 1 aromatic heterocycles. The monoisotopic (exact) mass is 461 g/mol. The first-order valence-corrected chi connectivity index (χ1v) is 12.9. The van der Waals surface area contributed by atoms with Crippen molar-refractivity contribution < 1.29 is 17.6 Å². The van der Waals surface area contributed by atoms with Gasteiger partial charge in [0, 0.05) is 25.2 Å². The predicted molar refractivity (Wildman–Crippen MR) is 120 cm³/mol. The zero-order chi connectivity index (χ0) is 22.4. The third kappa shape index (κ3) is 5.54. The molecule has 1 N–H and O–H groups in total. The van der Waals surface area contributed by atoms with Crippen molar-refractivity contribution in [1.82, 2.24) is 24.7 Å². The minimum Gasteiger partial charge on any atom is -0.412 e. The lowest BCUT2D eigenvalue weighted by Gasteiger charge is -2.19. The van der Waals surface area contributed by atoms with Crippen LogP contribution in [0.25, 0.3) is 11.5 Å². The number of carbonyl (C=O) groups excluding carboxylic acids is 1. The van der Waals surface area contributed by atoms with Gasteiger partial charge in [0.1, 0.15) is 0 Å². The van der Waals surface area contributed by atoms with E-state index in [1.165, 1.54) is 42.1 Å². The van der Waals surface area contributed by atoms with E-state index in [0.29, 0.717) is 25.2 Å². The summed E-state index contributed by atoms with van der Waals surface area (Å²) in [5.74, 6) is -0.304. The summed E-state index contributed by atoms with van der Waals surface area (Å²) in [6.45, 7) is 4.92. The SMILES string of the molecule is O=C(NCCCN1CCCCCC1)c1nnc(-c2ccc(S(=O)(=O)N3CCCC3)cc2)o1. The fourth-order valence-electron chi connectivity index (χ4n) is 4.22. The molecule has 9 nitrogen and oxygen atoms in total. The Bertz CT molecular complexity index is 992. The maximum atomic E-state index is 12.6. The van der Waals surface area contributed by atoms with Gasteiger partial charge in [0.25, 0.3) is 0 Å². The lowest BCUT2D eigenvalue weighted by atomic mass is 10.2. The second-order valence-electron chi connectivity index (χ2n) is 8.41. The van der Waals surface area contributed by atoms with Crippen LogP contribution in [0.1, 0.15) is 55.6 Å². The van der Waals surface area contributed by atoms with Crippen LogP contribution in [0, 0.1) is 0 Å². The lowest BCUT2D eigenvalue weighted by Crippen LogP contribution is -2.30. The van der Waals surface area contributed by atoms with Crippen LogP contribution in [-0.4, -0.2) is 73.0 Å². The number of carbonyl (C=O) groups is 1. The Morgan fingerprint density at radius 1 is 0.938 bits per heavy atom. The van der Waals surface area contributed by atoms with E-state index in [1.54, 1.807) is 12.1 Å². The minimum absolute atomic E-state index is 0.0939. The molecule has 0 saturated carbocycles. The standard InChI is InChI=1S/C22H31N5O4S/c28-20(23-12-7-15-26-13-3-1-2-4-14-26)22-25-24-21(31-22)18-8-10-19(11-9-18)32(29,30)27-16-5-6-17-27/h8-11H,1-7,12-17H2,(H,23,28). The van der Waals surface area contributed by atoms with Gasteiger partial charge in [-0.15, -0.1) is 10.2 Å². The Morgan fingerprint density at radius 2 is 1.59 bits per heavy atom. The molecule has 10 heteroatoms. The summed E-state index contributed by atoms with van der Waals surface area (Å²) in [4.78, 5) is 15.0. The topological polar surface area (TPSA) is 109 Å². The van der Waals surface area contributed by atoms with Gasteiger partial charge in [-0.1, -0.05) is 12.8 Å². The molecule has 1 amide bonds. The van der Waals surface area contributed by atoms with Crippen molar-refractivity contribution in [3.63, 3.8) is 0 Å². The molecule has 1 aromatic carbocycles. The molecule has 4 rings (SSSR count). The van der Waals surface area contributed by atoms with Crippen LogP contribution < -0.4 is 5.32 Å². The number of amides is 1. The number of rotatable bonds is 8. The van der Waals surface area contributed by atoms with Crippen LogP contribution in [0.2, 0.25) is 0 Å². The molecule has 0 atom stereocenters. The zero-order valence-corrected chi connectivity index (χ0v) is 19.1. The fraction of sp³-hybridized carbons (Fsp3) is 0.591. The molecule has 0 aliphatic carbocycles. The summed E-state index contributed by atoms with van der Waals surface area (Å²) in [6, 6.07) is 6.32. The number of hydrogen-bond acceptors (Lipinski definition) is 7. The highest BCUT2D eigenvalue weighted by atomic mass is 32.2. The Balaban J connectivity index is 1.29. The van der Waals surface area contributed by atoms with E-state index in [0.717, 1.165) is 38.9 Å². The van der Waals surface area contributed by atoms with E-state index in [9.17, 15) is 13.2 Å². The van der Waals surface area contributed by atoms with Gasteiger partial charge in [-0.2, -0.15) is 4.31 Å². The van der Waals surface area contributed by atoms with E-state index in [1.807, 2.05) is 0 Å². The van der Waals surface area contributed by atoms with Gasteiger partial charge < -0.3 is 14.6 Å². The van der Waals surface area contributed by atoms with Gasteiger partial charge in [0.15, 0.2) is 0 Å². The molecule has 174 valence electrons. The highest BCUT2D eigenvalue weighted by Crippen LogP contribution is 2.24. The summed E-state index contributed by atoms with van der Waals surface area (Å²) in [6.07, 6.45) is 7.78. The van der Waals surface area contributed by atoms with Crippen molar-refractivity contribution in [3.8, 4) is 11.5 Å². The van der Waals surface area contributed by atoms with E-state index in [2.05, 4.69) is 20.4 Å². The van der Waals surface area contributed by atoms with Crippen LogP contribution in [-0.2, 0) is 10.0 Å². The van der Waals surface area contributed by atoms with Crippen LogP contribution >= 0.6 is 0 Å². The van der Waals surface area contributed by atoms with Crippen LogP contribution in [0.4, 0.5) is 0 Å². The molecule has 2 aliphatic rings. The van der Waals surface area contributed by atoms with Gasteiger partial charge in [-0.25, -0.2) is 8.42 Å². The zero-order valence-electron chi connectivity index (χ0n) is 18.3. The normalized spacial score (nSPS) is 18.5. The largest absolute Gasteiger partial charge is 0.412 e. The highest BCUT2D eigenvalue weighted by Gasteiger charge is 2.27. The summed E-state index contributed by atoms with van der Waals surface area (Å²) in [5, 5.41) is 10.6. The maximum absolute atomic E-state index is 12.6. The molecule has 2 aromatic rings. The molecular formula is C22H31N5O4S.